The highest BCUT2D eigenvalue weighted by molar-refractivity contribution is 5.92. The van der Waals surface area contributed by atoms with E-state index in [4.69, 9.17) is 5.84 Å². The number of aryl methyl sites for hydroxylation is 1. The van der Waals surface area contributed by atoms with Gasteiger partial charge in [0.25, 0.3) is 17.8 Å². The monoisotopic (exact) mass is 307 g/mol. The summed E-state index contributed by atoms with van der Waals surface area (Å²) in [5.74, 6) is -3.29. The molecule has 2 rings (SSSR count). The number of aromatic nitrogens is 2. The Labute approximate surface area is 117 Å². The Hall–Kier alpha value is -1.97. The fourth-order valence-corrected chi connectivity index (χ4v) is 2.13. The van der Waals surface area contributed by atoms with Crippen molar-refractivity contribution in [1.29, 1.82) is 0 Å². The Morgan fingerprint density at radius 2 is 1.86 bits per heavy atom. The van der Waals surface area contributed by atoms with Gasteiger partial charge in [0.05, 0.1) is 19.5 Å². The molecule has 3 N–H and O–H groups in total. The second-order valence-electron chi connectivity index (χ2n) is 4.91. The van der Waals surface area contributed by atoms with Crippen molar-refractivity contribution >= 4 is 11.9 Å². The normalized spacial score (nSPS) is 20.2. The molecule has 21 heavy (non-hydrogen) atoms. The predicted octanol–water partition coefficient (Wildman–Crippen LogP) is 0.869. The third-order valence-corrected chi connectivity index (χ3v) is 2.85. The van der Waals surface area contributed by atoms with Crippen molar-refractivity contribution in [2.75, 3.05) is 18.0 Å². The van der Waals surface area contributed by atoms with Crippen molar-refractivity contribution in [3.05, 3.63) is 17.5 Å². The second-order valence-corrected chi connectivity index (χ2v) is 4.91. The zero-order chi connectivity index (χ0) is 15.8. The number of carbonyl (C=O) groups is 1. The number of halogens is 4. The lowest BCUT2D eigenvalue weighted by atomic mass is 10.0. The molecule has 1 amide bonds. The van der Waals surface area contributed by atoms with E-state index in [0.29, 0.717) is 4.90 Å². The number of nitrogen functional groups attached to an aromatic ring is 1. The van der Waals surface area contributed by atoms with Gasteiger partial charge in [-0.15, -0.1) is 0 Å². The van der Waals surface area contributed by atoms with Crippen LogP contribution in [-0.4, -0.2) is 40.8 Å². The molecular weight excluding hydrogens is 294 g/mol. The molecule has 116 valence electrons. The quantitative estimate of drug-likeness (QED) is 0.366. The largest absolute Gasteiger partial charge is 0.329 e. The molecule has 1 saturated heterocycles. The van der Waals surface area contributed by atoms with Crippen LogP contribution in [0.2, 0.25) is 0 Å². The highest BCUT2D eigenvalue weighted by Gasteiger charge is 2.51. The Bertz CT molecular complexity index is 550. The number of amides is 1. The van der Waals surface area contributed by atoms with Gasteiger partial charge in [-0.1, -0.05) is 0 Å². The summed E-state index contributed by atoms with van der Waals surface area (Å²) in [7, 11) is 0. The van der Waals surface area contributed by atoms with Crippen LogP contribution in [0, 0.1) is 6.92 Å². The number of hydrazine groups is 1. The first-order valence-electron chi connectivity index (χ1n) is 5.99. The average Bonchev–Trinajstić information content (AvgIpc) is 2.33. The lowest BCUT2D eigenvalue weighted by Gasteiger charge is -2.37. The summed E-state index contributed by atoms with van der Waals surface area (Å²) in [6.45, 7) is -0.385. The summed E-state index contributed by atoms with van der Waals surface area (Å²) < 4.78 is 53.5. The maximum absolute atomic E-state index is 13.4. The molecule has 0 saturated carbocycles. The van der Waals surface area contributed by atoms with Crippen LogP contribution in [0.5, 0.6) is 0 Å². The Morgan fingerprint density at radius 1 is 1.29 bits per heavy atom. The van der Waals surface area contributed by atoms with Gasteiger partial charge in [0.15, 0.2) is 0 Å². The number of hydrogen-bond acceptors (Lipinski definition) is 5. The van der Waals surface area contributed by atoms with Gasteiger partial charge < -0.3 is 4.90 Å². The minimum Gasteiger partial charge on any atom is -0.329 e. The molecule has 0 spiro atoms. The first-order valence-corrected chi connectivity index (χ1v) is 5.99. The maximum atomic E-state index is 13.4. The molecule has 0 atom stereocenters. The van der Waals surface area contributed by atoms with Crippen molar-refractivity contribution in [3.63, 3.8) is 0 Å². The summed E-state index contributed by atoms with van der Waals surface area (Å²) in [4.78, 5) is 19.6. The zero-order valence-corrected chi connectivity index (χ0v) is 11.0. The molecular formula is C11H13F4N5O. The maximum Gasteiger partial charge on any atom is 0.283 e. The molecule has 6 nitrogen and oxygen atoms in total. The molecule has 1 aliphatic rings. The van der Waals surface area contributed by atoms with Crippen LogP contribution in [-0.2, 0) is 0 Å². The van der Waals surface area contributed by atoms with E-state index < -0.39 is 37.3 Å². The minimum atomic E-state index is -3.56. The van der Waals surface area contributed by atoms with Crippen LogP contribution in [0.1, 0.15) is 22.6 Å². The lowest BCUT2D eigenvalue weighted by molar-refractivity contribution is -0.122. The van der Waals surface area contributed by atoms with E-state index in [2.05, 4.69) is 9.97 Å². The van der Waals surface area contributed by atoms with E-state index in [1.807, 2.05) is 5.43 Å². The van der Waals surface area contributed by atoms with Gasteiger partial charge in [-0.3, -0.25) is 10.2 Å². The van der Waals surface area contributed by atoms with Crippen molar-refractivity contribution in [2.24, 2.45) is 5.84 Å². The molecule has 0 bridgehead atoms. The summed E-state index contributed by atoms with van der Waals surface area (Å²) in [5, 5.41) is 0. The number of nitrogens with one attached hydrogen (secondary N) is 1. The van der Waals surface area contributed by atoms with Gasteiger partial charge >= 0.3 is 0 Å². The first-order chi connectivity index (χ1) is 9.62. The second kappa shape index (κ2) is 5.10. The van der Waals surface area contributed by atoms with Crippen molar-refractivity contribution in [2.45, 2.75) is 25.2 Å². The lowest BCUT2D eigenvalue weighted by Crippen LogP contribution is -2.53. The number of nitrogens with zero attached hydrogens (tertiary/aromatic N) is 3. The molecule has 1 aliphatic heterocycles. The molecule has 10 heteroatoms. The molecule has 2 heterocycles. The third-order valence-electron chi connectivity index (χ3n) is 2.85. The average molecular weight is 307 g/mol. The smallest absolute Gasteiger partial charge is 0.283 e. The summed E-state index contributed by atoms with van der Waals surface area (Å²) in [6.07, 6.45) is -1.52. The van der Waals surface area contributed by atoms with Gasteiger partial charge in [0.1, 0.15) is 5.69 Å². The SMILES string of the molecule is Cc1cc(C(=O)NN)nc(N2CC(F)(F)CC(F)(F)C2)n1. The van der Waals surface area contributed by atoms with E-state index >= 15 is 0 Å². The third kappa shape index (κ3) is 3.57. The van der Waals surface area contributed by atoms with Crippen LogP contribution >= 0.6 is 0 Å². The summed E-state index contributed by atoms with van der Waals surface area (Å²) >= 11 is 0. The number of alkyl halides is 4. The molecule has 0 radical (unpaired) electrons. The van der Waals surface area contributed by atoms with Gasteiger partial charge in [-0.2, -0.15) is 0 Å². The standard InChI is InChI=1S/C11H13F4N5O/c1-6-2-7(8(21)19-16)18-9(17-6)20-4-10(12,13)3-11(14,15)5-20/h2H,3-5,16H2,1H3,(H,19,21). The molecule has 0 aliphatic carbocycles. The Morgan fingerprint density at radius 3 is 2.38 bits per heavy atom. The Balaban J connectivity index is 2.37. The van der Waals surface area contributed by atoms with Gasteiger partial charge in [0, 0.05) is 5.69 Å². The number of piperidine rings is 1. The number of rotatable bonds is 2. The van der Waals surface area contributed by atoms with E-state index in [9.17, 15) is 22.4 Å². The van der Waals surface area contributed by atoms with Crippen LogP contribution in [0.3, 0.4) is 0 Å². The molecule has 0 unspecified atom stereocenters. The fourth-order valence-electron chi connectivity index (χ4n) is 2.13. The van der Waals surface area contributed by atoms with Gasteiger partial charge in [0.2, 0.25) is 5.95 Å². The minimum absolute atomic E-state index is 0.183. The van der Waals surface area contributed by atoms with E-state index in [1.54, 1.807) is 0 Å². The van der Waals surface area contributed by atoms with Crippen molar-refractivity contribution < 1.29 is 22.4 Å². The summed E-state index contributed by atoms with van der Waals surface area (Å²) in [6, 6.07) is 1.27. The number of anilines is 1. The van der Waals surface area contributed by atoms with Crippen molar-refractivity contribution in [3.8, 4) is 0 Å². The molecule has 1 aromatic rings. The molecule has 1 aromatic heterocycles. The van der Waals surface area contributed by atoms with Crippen LogP contribution in [0.4, 0.5) is 23.5 Å². The summed E-state index contributed by atoms with van der Waals surface area (Å²) in [5.41, 5.74) is 1.92. The highest BCUT2D eigenvalue weighted by atomic mass is 19.3. The molecule has 0 aromatic carbocycles. The number of carbonyl (C=O) groups excluding carboxylic acids is 1. The van der Waals surface area contributed by atoms with Crippen LogP contribution < -0.4 is 16.2 Å². The molecule has 1 fully saturated rings. The van der Waals surface area contributed by atoms with Crippen molar-refractivity contribution in [1.82, 2.24) is 15.4 Å². The van der Waals surface area contributed by atoms with E-state index in [-0.39, 0.29) is 17.3 Å². The van der Waals surface area contributed by atoms with Gasteiger partial charge in [-0.05, 0) is 13.0 Å². The topological polar surface area (TPSA) is 84.1 Å². The zero-order valence-electron chi connectivity index (χ0n) is 11.0. The van der Waals surface area contributed by atoms with Gasteiger partial charge in [-0.25, -0.2) is 33.4 Å². The Kier molecular flexibility index (Phi) is 3.74. The van der Waals surface area contributed by atoms with E-state index in [0.717, 1.165) is 0 Å². The predicted molar refractivity (Wildman–Crippen MR) is 65.1 cm³/mol. The van der Waals surface area contributed by atoms with Crippen LogP contribution in [0.15, 0.2) is 6.07 Å². The first kappa shape index (κ1) is 15.4. The van der Waals surface area contributed by atoms with Crippen LogP contribution in [0.25, 0.3) is 0 Å². The highest BCUT2D eigenvalue weighted by Crippen LogP contribution is 2.37. The van der Waals surface area contributed by atoms with E-state index in [1.165, 1.54) is 13.0 Å². The number of hydrogen-bond donors (Lipinski definition) is 2. The fraction of sp³-hybridized carbons (Fsp3) is 0.545. The number of nitrogens with two attached hydrogens (primary N) is 1.